The van der Waals surface area contributed by atoms with E-state index in [-0.39, 0.29) is 0 Å². The average molecular weight is 215 g/mol. The third kappa shape index (κ3) is 3.61. The van der Waals surface area contributed by atoms with E-state index in [2.05, 4.69) is 35.9 Å². The van der Waals surface area contributed by atoms with Gasteiger partial charge in [-0.05, 0) is 29.9 Å². The number of hydrogen-bond acceptors (Lipinski definition) is 3. The molecular formula is C10H17NS2. The van der Waals surface area contributed by atoms with Crippen LogP contribution in [-0.2, 0) is 6.42 Å². The number of nitrogens with one attached hydrogen (secondary N) is 1. The molecule has 0 bridgehead atoms. The molecule has 1 aromatic rings. The van der Waals surface area contributed by atoms with Crippen LogP contribution in [0.4, 0.5) is 5.00 Å². The molecule has 0 radical (unpaired) electrons. The van der Waals surface area contributed by atoms with Gasteiger partial charge in [-0.25, -0.2) is 0 Å². The van der Waals surface area contributed by atoms with Gasteiger partial charge in [-0.2, -0.15) is 0 Å². The van der Waals surface area contributed by atoms with Crippen molar-refractivity contribution in [2.45, 2.75) is 39.0 Å². The third-order valence-corrected chi connectivity index (χ3v) is 3.39. The van der Waals surface area contributed by atoms with Crippen LogP contribution < -0.4 is 4.72 Å². The van der Waals surface area contributed by atoms with Gasteiger partial charge in [0, 0.05) is 0 Å². The van der Waals surface area contributed by atoms with Crippen molar-refractivity contribution in [3.63, 3.8) is 0 Å². The fourth-order valence-corrected chi connectivity index (χ4v) is 2.42. The van der Waals surface area contributed by atoms with Crippen LogP contribution in [0.15, 0.2) is 11.4 Å². The molecular weight excluding hydrogens is 198 g/mol. The standard InChI is InChI=1S/C10H17NS2/c1-2-3-4-5-6-9-7-8-13-10(9)11-12/h7-8,11-12H,2-6H2,1H3. The van der Waals surface area contributed by atoms with E-state index in [1.807, 2.05) is 0 Å². The van der Waals surface area contributed by atoms with Crippen LogP contribution in [0.2, 0.25) is 0 Å². The van der Waals surface area contributed by atoms with Crippen LogP contribution in [0.5, 0.6) is 0 Å². The van der Waals surface area contributed by atoms with Crippen LogP contribution in [0, 0.1) is 0 Å². The number of hydrogen-bond donors (Lipinski definition) is 2. The molecule has 0 saturated carbocycles. The average Bonchev–Trinajstić information content (AvgIpc) is 2.60. The molecule has 0 saturated heterocycles. The smallest absolute Gasteiger partial charge is 0.101 e. The van der Waals surface area contributed by atoms with Crippen molar-refractivity contribution in [2.24, 2.45) is 0 Å². The zero-order valence-corrected chi connectivity index (χ0v) is 9.76. The maximum absolute atomic E-state index is 4.07. The largest absolute Gasteiger partial charge is 0.324 e. The molecule has 1 N–H and O–H groups in total. The fraction of sp³-hybridized carbons (Fsp3) is 0.600. The van der Waals surface area contributed by atoms with Gasteiger partial charge in [0.05, 0.1) is 0 Å². The Hall–Kier alpha value is -0.150. The molecule has 0 aliphatic carbocycles. The van der Waals surface area contributed by atoms with Crippen molar-refractivity contribution in [3.05, 3.63) is 17.0 Å². The Bertz CT molecular complexity index is 233. The minimum absolute atomic E-state index is 1.19. The number of thiol groups is 1. The second kappa shape index (κ2) is 6.33. The predicted octanol–water partition coefficient (Wildman–Crippen LogP) is 4.13. The summed E-state index contributed by atoms with van der Waals surface area (Å²) in [4.78, 5) is 0. The zero-order valence-electron chi connectivity index (χ0n) is 8.05. The highest BCUT2D eigenvalue weighted by molar-refractivity contribution is 7.82. The second-order valence-electron chi connectivity index (χ2n) is 3.20. The van der Waals surface area contributed by atoms with Gasteiger partial charge in [-0.15, -0.1) is 11.3 Å². The fourth-order valence-electron chi connectivity index (χ4n) is 1.37. The first-order valence-corrected chi connectivity index (χ1v) is 6.17. The monoisotopic (exact) mass is 215 g/mol. The molecule has 0 amide bonds. The van der Waals surface area contributed by atoms with E-state index in [0.717, 1.165) is 0 Å². The van der Waals surface area contributed by atoms with Crippen LogP contribution in [0.3, 0.4) is 0 Å². The van der Waals surface area contributed by atoms with Crippen molar-refractivity contribution in [3.8, 4) is 0 Å². The van der Waals surface area contributed by atoms with Crippen LogP contribution in [0.25, 0.3) is 0 Å². The maximum atomic E-state index is 4.07. The Labute approximate surface area is 90.1 Å². The molecule has 1 rings (SSSR count). The molecule has 0 aromatic carbocycles. The molecule has 1 aromatic heterocycles. The first kappa shape index (κ1) is 10.9. The number of unbranched alkanes of at least 4 members (excludes halogenated alkanes) is 3. The van der Waals surface area contributed by atoms with E-state index >= 15 is 0 Å². The Morgan fingerprint density at radius 2 is 2.23 bits per heavy atom. The van der Waals surface area contributed by atoms with E-state index in [0.29, 0.717) is 0 Å². The summed E-state index contributed by atoms with van der Waals surface area (Å²) in [5, 5.41) is 3.33. The summed E-state index contributed by atoms with van der Waals surface area (Å²) in [7, 11) is 0. The Balaban J connectivity index is 2.27. The molecule has 13 heavy (non-hydrogen) atoms. The Morgan fingerprint density at radius 1 is 1.38 bits per heavy atom. The number of thiophene rings is 1. The number of anilines is 1. The van der Waals surface area contributed by atoms with Crippen molar-refractivity contribution < 1.29 is 0 Å². The molecule has 0 fully saturated rings. The lowest BCUT2D eigenvalue weighted by atomic mass is 10.1. The van der Waals surface area contributed by atoms with E-state index in [1.54, 1.807) is 11.3 Å². The normalized spacial score (nSPS) is 10.3. The van der Waals surface area contributed by atoms with E-state index in [9.17, 15) is 0 Å². The van der Waals surface area contributed by atoms with Crippen molar-refractivity contribution >= 4 is 29.2 Å². The lowest BCUT2D eigenvalue weighted by Gasteiger charge is -2.01. The van der Waals surface area contributed by atoms with Gasteiger partial charge in [0.25, 0.3) is 0 Å². The van der Waals surface area contributed by atoms with Gasteiger partial charge in [-0.1, -0.05) is 39.0 Å². The molecule has 0 aliphatic rings. The Kier molecular flexibility index (Phi) is 5.32. The van der Waals surface area contributed by atoms with Crippen LogP contribution in [0.1, 0.15) is 38.2 Å². The van der Waals surface area contributed by atoms with Gasteiger partial charge in [0.2, 0.25) is 0 Å². The lowest BCUT2D eigenvalue weighted by Crippen LogP contribution is -1.87. The molecule has 1 nitrogen and oxygen atoms in total. The molecule has 0 unspecified atom stereocenters. The Morgan fingerprint density at radius 3 is 2.92 bits per heavy atom. The van der Waals surface area contributed by atoms with E-state index in [1.165, 1.54) is 42.7 Å². The summed E-state index contributed by atoms with van der Waals surface area (Å²) in [6.07, 6.45) is 6.49. The number of aryl methyl sites for hydroxylation is 1. The molecule has 0 spiro atoms. The van der Waals surface area contributed by atoms with Gasteiger partial charge in [0.15, 0.2) is 0 Å². The minimum atomic E-state index is 1.19. The van der Waals surface area contributed by atoms with Crippen LogP contribution in [-0.4, -0.2) is 0 Å². The quantitative estimate of drug-likeness (QED) is 0.537. The predicted molar refractivity (Wildman–Crippen MR) is 64.8 cm³/mol. The van der Waals surface area contributed by atoms with Gasteiger partial charge in [0.1, 0.15) is 5.00 Å². The summed E-state index contributed by atoms with van der Waals surface area (Å²) in [5.74, 6) is 0. The van der Waals surface area contributed by atoms with Crippen LogP contribution >= 0.6 is 24.2 Å². The lowest BCUT2D eigenvalue weighted by molar-refractivity contribution is 0.668. The molecule has 0 aliphatic heterocycles. The van der Waals surface area contributed by atoms with Gasteiger partial charge >= 0.3 is 0 Å². The van der Waals surface area contributed by atoms with Crippen molar-refractivity contribution in [1.29, 1.82) is 0 Å². The first-order chi connectivity index (χ1) is 6.38. The second-order valence-corrected chi connectivity index (χ2v) is 4.34. The highest BCUT2D eigenvalue weighted by atomic mass is 32.1. The SMILES string of the molecule is CCCCCCc1ccsc1NS. The van der Waals surface area contributed by atoms with E-state index in [4.69, 9.17) is 0 Å². The summed E-state index contributed by atoms with van der Waals surface area (Å²) < 4.78 is 2.93. The highest BCUT2D eigenvalue weighted by Gasteiger charge is 2.01. The summed E-state index contributed by atoms with van der Waals surface area (Å²) in [6.45, 7) is 2.24. The summed E-state index contributed by atoms with van der Waals surface area (Å²) in [6, 6.07) is 2.19. The van der Waals surface area contributed by atoms with E-state index < -0.39 is 0 Å². The maximum Gasteiger partial charge on any atom is 0.101 e. The highest BCUT2D eigenvalue weighted by Crippen LogP contribution is 2.25. The zero-order chi connectivity index (χ0) is 9.52. The van der Waals surface area contributed by atoms with Gasteiger partial charge < -0.3 is 4.72 Å². The van der Waals surface area contributed by atoms with Crippen molar-refractivity contribution in [1.82, 2.24) is 0 Å². The van der Waals surface area contributed by atoms with Gasteiger partial charge in [-0.3, -0.25) is 0 Å². The molecule has 1 heterocycles. The first-order valence-electron chi connectivity index (χ1n) is 4.85. The minimum Gasteiger partial charge on any atom is -0.324 e. The summed E-state index contributed by atoms with van der Waals surface area (Å²) in [5.41, 5.74) is 1.41. The topological polar surface area (TPSA) is 12.0 Å². The molecule has 3 heteroatoms. The summed E-state index contributed by atoms with van der Waals surface area (Å²) >= 11 is 5.80. The third-order valence-electron chi connectivity index (χ3n) is 2.15. The number of rotatable bonds is 6. The molecule has 0 atom stereocenters. The molecule has 74 valence electrons. The van der Waals surface area contributed by atoms with Crippen molar-refractivity contribution in [2.75, 3.05) is 4.72 Å².